The van der Waals surface area contributed by atoms with Gasteiger partial charge in [0.25, 0.3) is 0 Å². The molecule has 116 valence electrons. The minimum absolute atomic E-state index is 0.227. The fraction of sp³-hybridized carbons (Fsp3) is 0.0952. The summed E-state index contributed by atoms with van der Waals surface area (Å²) in [6, 6.07) is 17.6. The van der Waals surface area contributed by atoms with E-state index in [2.05, 4.69) is 47.8 Å². The molecule has 0 fully saturated rings. The van der Waals surface area contributed by atoms with Crippen LogP contribution in [0, 0.1) is 0 Å². The van der Waals surface area contributed by atoms with Crippen molar-refractivity contribution in [2.75, 3.05) is 0 Å². The minimum atomic E-state index is 0.227. The Morgan fingerprint density at radius 2 is 1.54 bits per heavy atom. The maximum atomic E-state index is 12.0. The smallest absolute Gasteiger partial charge is 0.172 e. The number of benzene rings is 3. The van der Waals surface area contributed by atoms with Gasteiger partial charge in [0.15, 0.2) is 5.78 Å². The SMILES string of the molecule is CCC(=O)c1cc2cc3ccc4cc5ccsc5cc4c3cc2s1. The van der Waals surface area contributed by atoms with Gasteiger partial charge >= 0.3 is 0 Å². The predicted molar refractivity (Wildman–Crippen MR) is 107 cm³/mol. The Kier molecular flexibility index (Phi) is 3.02. The van der Waals surface area contributed by atoms with E-state index < -0.39 is 0 Å². The lowest BCUT2D eigenvalue weighted by Gasteiger charge is -2.05. The van der Waals surface area contributed by atoms with E-state index in [9.17, 15) is 4.79 Å². The third-order valence-electron chi connectivity index (χ3n) is 4.64. The van der Waals surface area contributed by atoms with Gasteiger partial charge in [-0.05, 0) is 74.1 Å². The van der Waals surface area contributed by atoms with Gasteiger partial charge in [0.05, 0.1) is 4.88 Å². The summed E-state index contributed by atoms with van der Waals surface area (Å²) in [5.41, 5.74) is 0. The Bertz CT molecular complexity index is 1260. The number of hydrogen-bond donors (Lipinski definition) is 0. The van der Waals surface area contributed by atoms with Gasteiger partial charge in [0, 0.05) is 15.8 Å². The maximum Gasteiger partial charge on any atom is 0.172 e. The third kappa shape index (κ3) is 2.02. The van der Waals surface area contributed by atoms with Crippen molar-refractivity contribution in [1.82, 2.24) is 0 Å². The Hall–Kier alpha value is -2.23. The summed E-state index contributed by atoms with van der Waals surface area (Å²) in [6.07, 6.45) is 0.561. The zero-order valence-corrected chi connectivity index (χ0v) is 14.8. The van der Waals surface area contributed by atoms with Gasteiger partial charge in [-0.3, -0.25) is 4.79 Å². The molecule has 24 heavy (non-hydrogen) atoms. The molecule has 2 aromatic heterocycles. The molecule has 5 rings (SSSR count). The molecule has 0 aliphatic carbocycles. The molecular formula is C21H14OS2. The first-order chi connectivity index (χ1) is 11.7. The summed E-state index contributed by atoms with van der Waals surface area (Å²) in [5, 5.41) is 9.69. The summed E-state index contributed by atoms with van der Waals surface area (Å²) < 4.78 is 2.52. The van der Waals surface area contributed by atoms with Crippen molar-refractivity contribution < 1.29 is 4.79 Å². The maximum absolute atomic E-state index is 12.0. The zero-order chi connectivity index (χ0) is 16.3. The van der Waals surface area contributed by atoms with Crippen molar-refractivity contribution in [3.8, 4) is 0 Å². The van der Waals surface area contributed by atoms with E-state index in [0.717, 1.165) is 4.88 Å². The number of thiophene rings is 2. The first-order valence-corrected chi connectivity index (χ1v) is 9.73. The van der Waals surface area contributed by atoms with Crippen LogP contribution in [-0.4, -0.2) is 5.78 Å². The number of fused-ring (bicyclic) bond motifs is 5. The van der Waals surface area contributed by atoms with Crippen LogP contribution in [-0.2, 0) is 0 Å². The molecule has 0 bridgehead atoms. The standard InChI is InChI=1S/C21H14OS2/c1-2-18(22)21-9-15-8-13-4-3-12-7-14-5-6-23-19(14)10-16(12)17(13)11-20(15)24-21/h3-11H,2H2,1H3. The number of rotatable bonds is 2. The van der Waals surface area contributed by atoms with Crippen LogP contribution in [0.15, 0.2) is 53.9 Å². The van der Waals surface area contributed by atoms with E-state index in [0.29, 0.717) is 6.42 Å². The lowest BCUT2D eigenvalue weighted by molar-refractivity contribution is 0.0992. The van der Waals surface area contributed by atoms with Gasteiger partial charge < -0.3 is 0 Å². The summed E-state index contributed by atoms with van der Waals surface area (Å²) in [6.45, 7) is 1.92. The molecule has 3 heteroatoms. The molecule has 0 saturated carbocycles. The molecule has 5 aromatic rings. The van der Waals surface area contributed by atoms with Gasteiger partial charge in [-0.25, -0.2) is 0 Å². The summed E-state index contributed by atoms with van der Waals surface area (Å²) >= 11 is 3.39. The lowest BCUT2D eigenvalue weighted by Crippen LogP contribution is -1.90. The highest BCUT2D eigenvalue weighted by atomic mass is 32.1. The second kappa shape index (κ2) is 5.13. The van der Waals surface area contributed by atoms with Crippen LogP contribution >= 0.6 is 22.7 Å². The second-order valence-electron chi connectivity index (χ2n) is 6.10. The molecule has 0 aliphatic heterocycles. The summed E-state index contributed by atoms with van der Waals surface area (Å²) in [5.74, 6) is 0.227. The Morgan fingerprint density at radius 3 is 2.29 bits per heavy atom. The van der Waals surface area contributed by atoms with Crippen LogP contribution in [0.4, 0.5) is 0 Å². The number of ketones is 1. The molecule has 1 nitrogen and oxygen atoms in total. The van der Waals surface area contributed by atoms with Gasteiger partial charge in [0.1, 0.15) is 0 Å². The molecular weight excluding hydrogens is 332 g/mol. The molecule has 0 aliphatic rings. The highest BCUT2D eigenvalue weighted by Gasteiger charge is 2.11. The zero-order valence-electron chi connectivity index (χ0n) is 13.1. The largest absolute Gasteiger partial charge is 0.293 e. The van der Waals surface area contributed by atoms with Crippen molar-refractivity contribution in [1.29, 1.82) is 0 Å². The lowest BCUT2D eigenvalue weighted by atomic mass is 10.00. The number of hydrogen-bond acceptors (Lipinski definition) is 3. The van der Waals surface area contributed by atoms with Crippen molar-refractivity contribution in [2.24, 2.45) is 0 Å². The Labute approximate surface area is 147 Å². The highest BCUT2D eigenvalue weighted by Crippen LogP contribution is 2.36. The molecule has 0 spiro atoms. The first kappa shape index (κ1) is 14.1. The van der Waals surface area contributed by atoms with Crippen LogP contribution in [0.3, 0.4) is 0 Å². The average molecular weight is 346 g/mol. The van der Waals surface area contributed by atoms with Crippen molar-refractivity contribution in [3.05, 3.63) is 58.8 Å². The van der Waals surface area contributed by atoms with Gasteiger partial charge in [0.2, 0.25) is 0 Å². The van der Waals surface area contributed by atoms with E-state index in [-0.39, 0.29) is 5.78 Å². The van der Waals surface area contributed by atoms with Crippen LogP contribution in [0.2, 0.25) is 0 Å². The van der Waals surface area contributed by atoms with E-state index in [1.54, 1.807) is 22.7 Å². The van der Waals surface area contributed by atoms with Gasteiger partial charge in [-0.2, -0.15) is 0 Å². The quantitative estimate of drug-likeness (QED) is 0.248. The van der Waals surface area contributed by atoms with Gasteiger partial charge in [-0.1, -0.05) is 19.1 Å². The molecule has 0 amide bonds. The molecule has 2 heterocycles. The van der Waals surface area contributed by atoms with E-state index in [1.807, 2.05) is 13.0 Å². The summed E-state index contributed by atoms with van der Waals surface area (Å²) in [7, 11) is 0. The van der Waals surface area contributed by atoms with E-state index in [4.69, 9.17) is 0 Å². The van der Waals surface area contributed by atoms with Crippen LogP contribution in [0.5, 0.6) is 0 Å². The number of carbonyl (C=O) groups is 1. The topological polar surface area (TPSA) is 17.1 Å². The highest BCUT2D eigenvalue weighted by molar-refractivity contribution is 7.21. The molecule has 0 N–H and O–H groups in total. The van der Waals surface area contributed by atoms with Crippen LogP contribution < -0.4 is 0 Å². The Balaban J connectivity index is 1.87. The number of carbonyl (C=O) groups excluding carboxylic acids is 1. The molecule has 0 saturated heterocycles. The monoisotopic (exact) mass is 346 g/mol. The Morgan fingerprint density at radius 1 is 0.833 bits per heavy atom. The van der Waals surface area contributed by atoms with Gasteiger partial charge in [-0.15, -0.1) is 22.7 Å². The van der Waals surface area contributed by atoms with Crippen molar-refractivity contribution in [3.63, 3.8) is 0 Å². The predicted octanol–water partition coefficient (Wildman–Crippen LogP) is 7.02. The summed E-state index contributed by atoms with van der Waals surface area (Å²) in [4.78, 5) is 12.9. The second-order valence-corrected chi connectivity index (χ2v) is 8.13. The normalized spacial score (nSPS) is 11.9. The van der Waals surface area contributed by atoms with E-state index >= 15 is 0 Å². The van der Waals surface area contributed by atoms with Crippen molar-refractivity contribution in [2.45, 2.75) is 13.3 Å². The van der Waals surface area contributed by atoms with Crippen molar-refractivity contribution >= 4 is 70.2 Å². The number of Topliss-reactive ketones (excluding diaryl/α,β-unsaturated/α-hetero) is 1. The molecule has 0 atom stereocenters. The molecule has 0 radical (unpaired) electrons. The third-order valence-corrected chi connectivity index (χ3v) is 6.66. The average Bonchev–Trinajstić information content (AvgIpc) is 3.22. The molecule has 0 unspecified atom stereocenters. The minimum Gasteiger partial charge on any atom is -0.293 e. The van der Waals surface area contributed by atoms with Crippen LogP contribution in [0.1, 0.15) is 23.0 Å². The fourth-order valence-electron chi connectivity index (χ4n) is 3.37. The first-order valence-electron chi connectivity index (χ1n) is 8.03. The van der Waals surface area contributed by atoms with E-state index in [1.165, 1.54) is 41.7 Å². The van der Waals surface area contributed by atoms with Crippen LogP contribution in [0.25, 0.3) is 41.7 Å². The fourth-order valence-corrected chi connectivity index (χ4v) is 5.27. The molecule has 3 aromatic carbocycles.